The predicted octanol–water partition coefficient (Wildman–Crippen LogP) is 4.32. The predicted molar refractivity (Wildman–Crippen MR) is 133 cm³/mol. The molecule has 37 heavy (non-hydrogen) atoms. The van der Waals surface area contributed by atoms with Gasteiger partial charge in [0.05, 0.1) is 35.2 Å². The first-order valence-electron chi connectivity index (χ1n) is 11.1. The first-order valence-corrected chi connectivity index (χ1v) is 12.3. The molecule has 0 aliphatic carbocycles. The minimum atomic E-state index is -4.61. The van der Waals surface area contributed by atoms with E-state index in [-0.39, 0.29) is 15.6 Å². The summed E-state index contributed by atoms with van der Waals surface area (Å²) >= 11 is 7.42. The number of hydrogen-bond donors (Lipinski definition) is 2. The maximum atomic E-state index is 13.2. The van der Waals surface area contributed by atoms with E-state index in [2.05, 4.69) is 10.6 Å². The molecule has 196 valence electrons. The van der Waals surface area contributed by atoms with Crippen molar-refractivity contribution in [1.82, 2.24) is 5.32 Å². The summed E-state index contributed by atoms with van der Waals surface area (Å²) in [7, 11) is 0. The first-order chi connectivity index (χ1) is 17.6. The number of esters is 1. The third-order valence-electron chi connectivity index (χ3n) is 5.45. The summed E-state index contributed by atoms with van der Waals surface area (Å²) in [4.78, 5) is 38.9. The Labute approximate surface area is 218 Å². The second kappa shape index (κ2) is 11.4. The number of benzene rings is 2. The maximum absolute atomic E-state index is 13.2. The normalized spacial score (nSPS) is 13.9. The molecule has 3 aromatic rings. The van der Waals surface area contributed by atoms with E-state index in [1.807, 2.05) is 12.1 Å². The van der Waals surface area contributed by atoms with E-state index in [0.717, 1.165) is 16.8 Å². The number of anilines is 2. The third kappa shape index (κ3) is 6.51. The van der Waals surface area contributed by atoms with Gasteiger partial charge in [0.2, 0.25) is 0 Å². The van der Waals surface area contributed by atoms with Crippen molar-refractivity contribution in [3.05, 3.63) is 57.9 Å². The van der Waals surface area contributed by atoms with Crippen LogP contribution < -0.4 is 15.5 Å². The molecule has 1 saturated heterocycles. The fraction of sp³-hybridized carbons (Fsp3) is 0.292. The van der Waals surface area contributed by atoms with Gasteiger partial charge in [0.15, 0.2) is 6.61 Å². The second-order valence-electron chi connectivity index (χ2n) is 7.96. The van der Waals surface area contributed by atoms with Crippen LogP contribution in [0.4, 0.5) is 24.5 Å². The Morgan fingerprint density at radius 1 is 1.11 bits per heavy atom. The molecular weight excluding hydrogens is 535 g/mol. The first kappa shape index (κ1) is 26.7. The van der Waals surface area contributed by atoms with Gasteiger partial charge in [-0.1, -0.05) is 29.8 Å². The van der Waals surface area contributed by atoms with E-state index in [4.69, 9.17) is 21.1 Å². The smallest absolute Gasteiger partial charge is 0.416 e. The van der Waals surface area contributed by atoms with Gasteiger partial charge >= 0.3 is 12.1 Å². The number of nitrogens with one attached hydrogen (secondary N) is 2. The van der Waals surface area contributed by atoms with Crippen LogP contribution in [-0.4, -0.2) is 57.2 Å². The summed E-state index contributed by atoms with van der Waals surface area (Å²) in [5, 5.41) is 5.75. The molecule has 0 atom stereocenters. The lowest BCUT2D eigenvalue weighted by Crippen LogP contribution is -2.37. The topological polar surface area (TPSA) is 97.0 Å². The molecule has 2 aromatic carbocycles. The number of halogens is 4. The standard InChI is InChI=1S/C24H21ClF3N3O5S/c25-21-15-3-1-2-4-18(15)37-22(21)23(34)29-12-20(33)36-13-19(32)30-16-11-14(24(26,27)28)5-6-17(16)31-7-9-35-10-8-31/h1-6,11H,7-10,12-13H2,(H,29,34)(H,30,32). The van der Waals surface area contributed by atoms with Crippen LogP contribution in [0.25, 0.3) is 10.1 Å². The number of carbonyl (C=O) groups is 3. The molecule has 1 aromatic heterocycles. The van der Waals surface area contributed by atoms with Crippen molar-refractivity contribution in [2.75, 3.05) is 49.7 Å². The largest absolute Gasteiger partial charge is 0.454 e. The number of amides is 2. The molecule has 0 bridgehead atoms. The van der Waals surface area contributed by atoms with Crippen molar-refractivity contribution in [3.63, 3.8) is 0 Å². The Morgan fingerprint density at radius 3 is 2.54 bits per heavy atom. The average Bonchev–Trinajstić information content (AvgIpc) is 3.22. The molecule has 0 unspecified atom stereocenters. The minimum Gasteiger partial charge on any atom is -0.454 e. The molecular formula is C24H21ClF3N3O5S. The quantitative estimate of drug-likeness (QED) is 0.422. The number of alkyl halides is 3. The summed E-state index contributed by atoms with van der Waals surface area (Å²) in [5.41, 5.74) is -0.603. The summed E-state index contributed by atoms with van der Waals surface area (Å²) in [6, 6.07) is 10.2. The van der Waals surface area contributed by atoms with Gasteiger partial charge in [-0.15, -0.1) is 11.3 Å². The molecule has 1 aliphatic rings. The number of hydrogen-bond acceptors (Lipinski definition) is 7. The molecule has 0 saturated carbocycles. The van der Waals surface area contributed by atoms with E-state index in [1.165, 1.54) is 17.4 Å². The van der Waals surface area contributed by atoms with E-state index in [0.29, 0.717) is 37.4 Å². The van der Waals surface area contributed by atoms with Crippen LogP contribution in [0.2, 0.25) is 5.02 Å². The molecule has 2 N–H and O–H groups in total. The molecule has 1 fully saturated rings. The van der Waals surface area contributed by atoms with Gasteiger partial charge < -0.3 is 25.0 Å². The molecule has 1 aliphatic heterocycles. The van der Waals surface area contributed by atoms with Gasteiger partial charge in [0, 0.05) is 23.2 Å². The van der Waals surface area contributed by atoms with Crippen molar-refractivity contribution in [2.24, 2.45) is 0 Å². The summed E-state index contributed by atoms with van der Waals surface area (Å²) < 4.78 is 50.7. The molecule has 2 amide bonds. The summed E-state index contributed by atoms with van der Waals surface area (Å²) in [6.07, 6.45) is -4.61. The zero-order valence-electron chi connectivity index (χ0n) is 19.2. The monoisotopic (exact) mass is 555 g/mol. The Hall–Kier alpha value is -3.35. The van der Waals surface area contributed by atoms with Gasteiger partial charge in [0.1, 0.15) is 11.4 Å². The summed E-state index contributed by atoms with van der Waals surface area (Å²) in [6.45, 7) is 0.380. The molecule has 4 rings (SSSR count). The van der Waals surface area contributed by atoms with Crippen LogP contribution in [0.3, 0.4) is 0 Å². The number of fused-ring (bicyclic) bond motifs is 1. The van der Waals surface area contributed by atoms with Crippen LogP contribution in [0.1, 0.15) is 15.2 Å². The van der Waals surface area contributed by atoms with E-state index >= 15 is 0 Å². The SMILES string of the molecule is O=C(COC(=O)CNC(=O)c1sc2ccccc2c1Cl)Nc1cc(C(F)(F)F)ccc1N1CCOCC1. The van der Waals surface area contributed by atoms with E-state index in [1.54, 1.807) is 17.0 Å². The van der Waals surface area contributed by atoms with Crippen LogP contribution in [0, 0.1) is 0 Å². The van der Waals surface area contributed by atoms with E-state index in [9.17, 15) is 27.6 Å². The highest BCUT2D eigenvalue weighted by Crippen LogP contribution is 2.36. The Morgan fingerprint density at radius 2 is 1.84 bits per heavy atom. The van der Waals surface area contributed by atoms with Crippen LogP contribution >= 0.6 is 22.9 Å². The van der Waals surface area contributed by atoms with Crippen LogP contribution in [0.15, 0.2) is 42.5 Å². The van der Waals surface area contributed by atoms with Crippen LogP contribution in [0.5, 0.6) is 0 Å². The fourth-order valence-corrected chi connectivity index (χ4v) is 5.10. The van der Waals surface area contributed by atoms with E-state index < -0.39 is 42.7 Å². The highest BCUT2D eigenvalue weighted by molar-refractivity contribution is 7.21. The fourth-order valence-electron chi connectivity index (χ4n) is 3.67. The van der Waals surface area contributed by atoms with Crippen molar-refractivity contribution in [2.45, 2.75) is 6.18 Å². The van der Waals surface area contributed by atoms with Crippen molar-refractivity contribution in [1.29, 1.82) is 0 Å². The second-order valence-corrected chi connectivity index (χ2v) is 9.39. The maximum Gasteiger partial charge on any atom is 0.416 e. The number of ether oxygens (including phenoxy) is 2. The molecule has 0 spiro atoms. The molecule has 2 heterocycles. The minimum absolute atomic E-state index is 0.0644. The highest BCUT2D eigenvalue weighted by atomic mass is 35.5. The zero-order chi connectivity index (χ0) is 26.6. The lowest BCUT2D eigenvalue weighted by atomic mass is 10.1. The number of rotatable bonds is 7. The number of carbonyl (C=O) groups excluding carboxylic acids is 3. The average molecular weight is 556 g/mol. The number of thiophene rings is 1. The third-order valence-corrected chi connectivity index (χ3v) is 7.12. The molecule has 8 nitrogen and oxygen atoms in total. The van der Waals surface area contributed by atoms with Gasteiger partial charge in [-0.3, -0.25) is 14.4 Å². The van der Waals surface area contributed by atoms with Gasteiger partial charge in [-0.25, -0.2) is 0 Å². The van der Waals surface area contributed by atoms with Crippen molar-refractivity contribution >= 4 is 62.2 Å². The van der Waals surface area contributed by atoms with Crippen molar-refractivity contribution in [3.8, 4) is 0 Å². The lowest BCUT2D eigenvalue weighted by molar-refractivity contribution is -0.146. The van der Waals surface area contributed by atoms with Crippen LogP contribution in [-0.2, 0) is 25.2 Å². The van der Waals surface area contributed by atoms with Gasteiger partial charge in [-0.2, -0.15) is 13.2 Å². The summed E-state index contributed by atoms with van der Waals surface area (Å²) in [5.74, 6) is -2.31. The Kier molecular flexibility index (Phi) is 8.20. The van der Waals surface area contributed by atoms with Crippen molar-refractivity contribution < 1.29 is 37.0 Å². The van der Waals surface area contributed by atoms with Gasteiger partial charge in [0.25, 0.3) is 11.8 Å². The Bertz CT molecular complexity index is 1320. The molecule has 13 heteroatoms. The Balaban J connectivity index is 1.34. The zero-order valence-corrected chi connectivity index (χ0v) is 20.8. The van der Waals surface area contributed by atoms with Gasteiger partial charge in [-0.05, 0) is 24.3 Å². The number of morpholine rings is 1. The molecule has 0 radical (unpaired) electrons. The lowest BCUT2D eigenvalue weighted by Gasteiger charge is -2.31. The number of nitrogens with zero attached hydrogens (tertiary/aromatic N) is 1. The highest BCUT2D eigenvalue weighted by Gasteiger charge is 2.32.